The average Bonchev–Trinajstić information content (AvgIpc) is 3.33. The Labute approximate surface area is 162 Å². The van der Waals surface area contributed by atoms with Crippen molar-refractivity contribution in [1.82, 2.24) is 4.90 Å². The molecule has 1 aromatic heterocycles. The van der Waals surface area contributed by atoms with E-state index in [0.29, 0.717) is 6.54 Å². The van der Waals surface area contributed by atoms with Gasteiger partial charge in [0.05, 0.1) is 4.88 Å². The smallest absolute Gasteiger partial charge is 0.263 e. The number of rotatable bonds is 3. The number of ether oxygens (including phenoxy) is 2. The Balaban J connectivity index is 1.38. The number of carbonyl (C=O) groups is 1. The standard InChI is InChI=1S/C22H19NO3S/c1-23(12-14-6-9-18-19(10-14)26-13-25-18)22(24)20-11-16-8-7-15-4-2-3-5-17(15)21(16)27-20/h2-6,9-11H,7-8,12-13H2,1H3. The van der Waals surface area contributed by atoms with E-state index in [1.807, 2.05) is 25.2 Å². The molecule has 3 aromatic rings. The topological polar surface area (TPSA) is 38.8 Å². The first-order valence-corrected chi connectivity index (χ1v) is 9.85. The van der Waals surface area contributed by atoms with Crippen LogP contribution in [0.3, 0.4) is 0 Å². The zero-order valence-corrected chi connectivity index (χ0v) is 15.8. The first-order chi connectivity index (χ1) is 13.2. The molecule has 5 rings (SSSR count). The molecule has 1 amide bonds. The lowest BCUT2D eigenvalue weighted by Crippen LogP contribution is -2.25. The minimum absolute atomic E-state index is 0.0598. The maximum atomic E-state index is 13.0. The van der Waals surface area contributed by atoms with Crippen LogP contribution >= 0.6 is 11.3 Å². The summed E-state index contributed by atoms with van der Waals surface area (Å²) >= 11 is 1.61. The molecule has 0 spiro atoms. The van der Waals surface area contributed by atoms with Gasteiger partial charge in [-0.15, -0.1) is 11.3 Å². The predicted octanol–water partition coefficient (Wildman–Crippen LogP) is 4.51. The minimum Gasteiger partial charge on any atom is -0.454 e. The van der Waals surface area contributed by atoms with Crippen LogP contribution in [0.4, 0.5) is 0 Å². The van der Waals surface area contributed by atoms with Crippen LogP contribution in [0.1, 0.15) is 26.4 Å². The highest BCUT2D eigenvalue weighted by molar-refractivity contribution is 7.17. The van der Waals surface area contributed by atoms with E-state index in [1.54, 1.807) is 16.2 Å². The number of aryl methyl sites for hydroxylation is 2. The second kappa shape index (κ2) is 6.43. The molecule has 0 atom stereocenters. The fourth-order valence-corrected chi connectivity index (χ4v) is 5.02. The highest BCUT2D eigenvalue weighted by atomic mass is 32.1. The van der Waals surface area contributed by atoms with Gasteiger partial charge in [0.15, 0.2) is 11.5 Å². The van der Waals surface area contributed by atoms with Crippen molar-refractivity contribution in [1.29, 1.82) is 0 Å². The third kappa shape index (κ3) is 2.88. The first kappa shape index (κ1) is 16.4. The van der Waals surface area contributed by atoms with Crippen LogP contribution in [0.5, 0.6) is 11.5 Å². The van der Waals surface area contributed by atoms with Gasteiger partial charge in [-0.25, -0.2) is 0 Å². The molecule has 27 heavy (non-hydrogen) atoms. The molecule has 1 aliphatic carbocycles. The molecule has 0 N–H and O–H groups in total. The van der Waals surface area contributed by atoms with Crippen LogP contribution in [0.2, 0.25) is 0 Å². The molecule has 0 unspecified atom stereocenters. The van der Waals surface area contributed by atoms with Crippen molar-refractivity contribution >= 4 is 17.2 Å². The van der Waals surface area contributed by atoms with Crippen LogP contribution in [0, 0.1) is 0 Å². The minimum atomic E-state index is 0.0598. The number of nitrogens with zero attached hydrogens (tertiary/aromatic N) is 1. The average molecular weight is 377 g/mol. The fraction of sp³-hybridized carbons (Fsp3) is 0.227. The van der Waals surface area contributed by atoms with Gasteiger partial charge in [-0.2, -0.15) is 0 Å². The van der Waals surface area contributed by atoms with Crippen molar-refractivity contribution in [3.63, 3.8) is 0 Å². The van der Waals surface area contributed by atoms with Gasteiger partial charge in [0, 0.05) is 18.5 Å². The number of hydrogen-bond donors (Lipinski definition) is 0. The predicted molar refractivity (Wildman–Crippen MR) is 106 cm³/mol. The van der Waals surface area contributed by atoms with Gasteiger partial charge < -0.3 is 14.4 Å². The Hall–Kier alpha value is -2.79. The summed E-state index contributed by atoms with van der Waals surface area (Å²) < 4.78 is 10.8. The van der Waals surface area contributed by atoms with Crippen LogP contribution in [-0.4, -0.2) is 24.6 Å². The van der Waals surface area contributed by atoms with E-state index in [0.717, 1.165) is 34.8 Å². The largest absolute Gasteiger partial charge is 0.454 e. The molecule has 0 saturated heterocycles. The van der Waals surface area contributed by atoms with Crippen molar-refractivity contribution in [3.05, 3.63) is 70.1 Å². The molecule has 0 bridgehead atoms. The summed E-state index contributed by atoms with van der Waals surface area (Å²) in [4.78, 5) is 16.8. The fourth-order valence-electron chi connectivity index (χ4n) is 3.75. The molecule has 0 radical (unpaired) electrons. The number of hydrogen-bond acceptors (Lipinski definition) is 4. The molecule has 0 saturated carbocycles. The Morgan fingerprint density at radius 2 is 1.85 bits per heavy atom. The van der Waals surface area contributed by atoms with E-state index in [2.05, 4.69) is 30.3 Å². The molecule has 5 heteroatoms. The lowest BCUT2D eigenvalue weighted by atomic mass is 9.91. The molecule has 0 fully saturated rings. The highest BCUT2D eigenvalue weighted by Crippen LogP contribution is 2.40. The van der Waals surface area contributed by atoms with Gasteiger partial charge in [0.1, 0.15) is 0 Å². The Morgan fingerprint density at radius 3 is 2.78 bits per heavy atom. The van der Waals surface area contributed by atoms with Gasteiger partial charge >= 0.3 is 0 Å². The summed E-state index contributed by atoms with van der Waals surface area (Å²) in [5.74, 6) is 1.57. The van der Waals surface area contributed by atoms with Crippen molar-refractivity contribution in [2.45, 2.75) is 19.4 Å². The molecule has 4 nitrogen and oxygen atoms in total. The Kier molecular flexibility index (Phi) is 3.90. The molecule has 2 heterocycles. The van der Waals surface area contributed by atoms with Gasteiger partial charge in [0.2, 0.25) is 6.79 Å². The summed E-state index contributed by atoms with van der Waals surface area (Å²) in [5.41, 5.74) is 4.97. The molecule has 136 valence electrons. The van der Waals surface area contributed by atoms with Crippen LogP contribution in [-0.2, 0) is 19.4 Å². The van der Waals surface area contributed by atoms with E-state index in [-0.39, 0.29) is 12.7 Å². The monoisotopic (exact) mass is 377 g/mol. The molecule has 2 aliphatic rings. The molecular formula is C22H19NO3S. The van der Waals surface area contributed by atoms with Crippen molar-refractivity contribution in [2.24, 2.45) is 0 Å². The lowest BCUT2D eigenvalue weighted by molar-refractivity contribution is 0.0789. The number of carbonyl (C=O) groups excluding carboxylic acids is 1. The van der Waals surface area contributed by atoms with Gasteiger partial charge in [-0.05, 0) is 53.3 Å². The second-order valence-electron chi connectivity index (χ2n) is 6.97. The number of thiophene rings is 1. The Bertz CT molecular complexity index is 1040. The van der Waals surface area contributed by atoms with Crippen LogP contribution in [0.15, 0.2) is 48.5 Å². The molecule has 1 aliphatic heterocycles. The van der Waals surface area contributed by atoms with Crippen molar-refractivity contribution in [2.75, 3.05) is 13.8 Å². The normalized spacial score (nSPS) is 13.8. The van der Waals surface area contributed by atoms with E-state index in [1.165, 1.54) is 21.6 Å². The maximum absolute atomic E-state index is 13.0. The second-order valence-corrected chi connectivity index (χ2v) is 8.02. The van der Waals surface area contributed by atoms with Crippen LogP contribution in [0.25, 0.3) is 10.4 Å². The highest BCUT2D eigenvalue weighted by Gasteiger charge is 2.23. The SMILES string of the molecule is CN(Cc1ccc2c(c1)OCO2)C(=O)c1cc2c(s1)-c1ccccc1CC2. The van der Waals surface area contributed by atoms with E-state index in [9.17, 15) is 4.79 Å². The summed E-state index contributed by atoms with van der Waals surface area (Å²) in [6.45, 7) is 0.796. The summed E-state index contributed by atoms with van der Waals surface area (Å²) in [5, 5.41) is 0. The summed E-state index contributed by atoms with van der Waals surface area (Å²) in [7, 11) is 1.85. The third-order valence-electron chi connectivity index (χ3n) is 5.15. The van der Waals surface area contributed by atoms with Crippen LogP contribution < -0.4 is 9.47 Å². The quantitative estimate of drug-likeness (QED) is 0.674. The zero-order chi connectivity index (χ0) is 18.4. The first-order valence-electron chi connectivity index (χ1n) is 9.04. The van der Waals surface area contributed by atoms with Gasteiger partial charge in [-0.1, -0.05) is 30.3 Å². The summed E-state index contributed by atoms with van der Waals surface area (Å²) in [6.07, 6.45) is 2.04. The van der Waals surface area contributed by atoms with Gasteiger partial charge in [0.25, 0.3) is 5.91 Å². The maximum Gasteiger partial charge on any atom is 0.263 e. The Morgan fingerprint density at radius 1 is 1.04 bits per heavy atom. The number of fused-ring (bicyclic) bond motifs is 4. The molecule has 2 aromatic carbocycles. The number of amides is 1. The van der Waals surface area contributed by atoms with Crippen molar-refractivity contribution in [3.8, 4) is 21.9 Å². The van der Waals surface area contributed by atoms with Crippen molar-refractivity contribution < 1.29 is 14.3 Å². The number of benzene rings is 2. The lowest BCUT2D eigenvalue weighted by Gasteiger charge is -2.16. The zero-order valence-electron chi connectivity index (χ0n) is 15.0. The van der Waals surface area contributed by atoms with E-state index in [4.69, 9.17) is 9.47 Å². The summed E-state index contributed by atoms with van der Waals surface area (Å²) in [6, 6.07) is 16.4. The third-order valence-corrected chi connectivity index (χ3v) is 6.35. The van der Waals surface area contributed by atoms with E-state index < -0.39 is 0 Å². The molecular weight excluding hydrogens is 358 g/mol. The van der Waals surface area contributed by atoms with E-state index >= 15 is 0 Å². The van der Waals surface area contributed by atoms with Gasteiger partial charge in [-0.3, -0.25) is 4.79 Å².